The lowest BCUT2D eigenvalue weighted by Crippen LogP contribution is -2.53. The molecule has 5 nitrogen and oxygen atoms in total. The fraction of sp³-hybridized carbons (Fsp3) is 0.862. The van der Waals surface area contributed by atoms with Gasteiger partial charge in [0.15, 0.2) is 11.6 Å². The largest absolute Gasteiger partial charge is 0.463 e. The summed E-state index contributed by atoms with van der Waals surface area (Å²) in [6.07, 6.45) is 10.4. The number of ketones is 1. The van der Waals surface area contributed by atoms with Gasteiger partial charge < -0.3 is 14.2 Å². The Bertz CT molecular complexity index is 915. The quantitative estimate of drug-likeness (QED) is 0.476. The number of hydrogen-bond acceptors (Lipinski definition) is 5. The Morgan fingerprint density at radius 2 is 1.88 bits per heavy atom. The van der Waals surface area contributed by atoms with Crippen molar-refractivity contribution in [1.82, 2.24) is 0 Å². The van der Waals surface area contributed by atoms with Crippen molar-refractivity contribution in [2.75, 3.05) is 6.61 Å². The molecule has 2 unspecified atom stereocenters. The minimum Gasteiger partial charge on any atom is -0.463 e. The highest BCUT2D eigenvalue weighted by Crippen LogP contribution is 2.69. The van der Waals surface area contributed by atoms with Gasteiger partial charge in [-0.1, -0.05) is 33.3 Å². The van der Waals surface area contributed by atoms with Gasteiger partial charge in [0.05, 0.1) is 12.7 Å². The van der Waals surface area contributed by atoms with Crippen LogP contribution in [0.25, 0.3) is 0 Å². The standard InChI is InChI=1S/C29H42O5/c1-16-8-11-29(32-15-16)17(2)26-24(34-29)13-23-21-7-6-19-12-20(33-18(3)30)9-10-27(19,4)22(21)14-25(31)28(23,26)5/h14,16-17,19-21,23-24,26H,6-13,15H2,1-5H3/t16?,17-,19-,20-,21+,23-,24-,26?,27-,28+,29+/m0/s1. The smallest absolute Gasteiger partial charge is 0.302 e. The average molecular weight is 471 g/mol. The molecule has 0 aromatic heterocycles. The number of rotatable bonds is 1. The molecule has 4 aliphatic carbocycles. The summed E-state index contributed by atoms with van der Waals surface area (Å²) in [5.74, 6) is 2.05. The van der Waals surface area contributed by atoms with E-state index in [2.05, 4.69) is 33.8 Å². The Morgan fingerprint density at radius 3 is 2.59 bits per heavy atom. The van der Waals surface area contributed by atoms with Crippen LogP contribution in [0.15, 0.2) is 11.6 Å². The van der Waals surface area contributed by atoms with Crippen molar-refractivity contribution in [2.45, 2.75) is 104 Å². The third-order valence-corrected chi connectivity index (χ3v) is 11.5. The summed E-state index contributed by atoms with van der Waals surface area (Å²) in [6.45, 7) is 11.5. The van der Waals surface area contributed by atoms with Gasteiger partial charge in [-0.3, -0.25) is 9.59 Å². The summed E-state index contributed by atoms with van der Waals surface area (Å²) in [7, 11) is 0. The van der Waals surface area contributed by atoms with E-state index in [1.54, 1.807) is 0 Å². The van der Waals surface area contributed by atoms with Crippen molar-refractivity contribution in [1.29, 1.82) is 0 Å². The topological polar surface area (TPSA) is 61.8 Å². The summed E-state index contributed by atoms with van der Waals surface area (Å²) in [5, 5.41) is 0. The van der Waals surface area contributed by atoms with E-state index in [9.17, 15) is 9.59 Å². The molecule has 5 heteroatoms. The molecule has 0 N–H and O–H groups in total. The van der Waals surface area contributed by atoms with Crippen LogP contribution in [0.3, 0.4) is 0 Å². The molecule has 0 bridgehead atoms. The fourth-order valence-corrected chi connectivity index (χ4v) is 9.61. The molecule has 3 saturated carbocycles. The van der Waals surface area contributed by atoms with Crippen LogP contribution in [0.1, 0.15) is 86.0 Å². The van der Waals surface area contributed by atoms with Crippen LogP contribution in [0.4, 0.5) is 0 Å². The summed E-state index contributed by atoms with van der Waals surface area (Å²) in [6, 6.07) is 0. The molecule has 1 spiro atoms. The van der Waals surface area contributed by atoms with Gasteiger partial charge in [0.1, 0.15) is 6.10 Å². The zero-order valence-electron chi connectivity index (χ0n) is 21.6. The first-order valence-corrected chi connectivity index (χ1v) is 13.8. The number of esters is 1. The lowest BCUT2D eigenvalue weighted by molar-refractivity contribution is -0.271. The molecule has 0 aromatic carbocycles. The predicted octanol–water partition coefficient (Wildman–Crippen LogP) is 5.46. The molecule has 5 fully saturated rings. The van der Waals surface area contributed by atoms with E-state index < -0.39 is 5.79 Å². The second-order valence-corrected chi connectivity index (χ2v) is 13.1. The Morgan fingerprint density at radius 1 is 1.09 bits per heavy atom. The number of ether oxygens (including phenoxy) is 3. The second kappa shape index (κ2) is 7.65. The first-order chi connectivity index (χ1) is 16.1. The van der Waals surface area contributed by atoms with Gasteiger partial charge in [0.2, 0.25) is 0 Å². The number of allylic oxidation sites excluding steroid dienone is 2. The van der Waals surface area contributed by atoms with Crippen LogP contribution in [-0.4, -0.2) is 36.4 Å². The molecule has 11 atom stereocenters. The average Bonchev–Trinajstić information content (AvgIpc) is 3.23. The molecule has 188 valence electrons. The first kappa shape index (κ1) is 23.2. The minimum absolute atomic E-state index is 0.0340. The number of carbonyl (C=O) groups excluding carboxylic acids is 2. The van der Waals surface area contributed by atoms with Gasteiger partial charge in [-0.15, -0.1) is 0 Å². The van der Waals surface area contributed by atoms with Crippen LogP contribution in [0.5, 0.6) is 0 Å². The monoisotopic (exact) mass is 470 g/mol. The molecule has 2 saturated heterocycles. The number of hydrogen-bond donors (Lipinski definition) is 0. The van der Waals surface area contributed by atoms with E-state index in [1.165, 1.54) is 12.5 Å². The summed E-state index contributed by atoms with van der Waals surface area (Å²) in [5.41, 5.74) is 1.10. The van der Waals surface area contributed by atoms with Crippen LogP contribution >= 0.6 is 0 Å². The maximum atomic E-state index is 14.0. The van der Waals surface area contributed by atoms with Crippen LogP contribution in [-0.2, 0) is 23.8 Å². The third-order valence-electron chi connectivity index (χ3n) is 11.5. The molecule has 2 aliphatic heterocycles. The zero-order chi connectivity index (χ0) is 24.0. The highest BCUT2D eigenvalue weighted by Gasteiger charge is 2.70. The molecule has 0 radical (unpaired) electrons. The lowest BCUT2D eigenvalue weighted by Gasteiger charge is -2.56. The molecular weight excluding hydrogens is 428 g/mol. The lowest BCUT2D eigenvalue weighted by atomic mass is 9.48. The highest BCUT2D eigenvalue weighted by molar-refractivity contribution is 5.97. The van der Waals surface area contributed by atoms with Gasteiger partial charge >= 0.3 is 5.97 Å². The van der Waals surface area contributed by atoms with Gasteiger partial charge in [-0.05, 0) is 80.1 Å². The predicted molar refractivity (Wildman–Crippen MR) is 128 cm³/mol. The number of carbonyl (C=O) groups is 2. The SMILES string of the molecule is CC(=O)O[C@H]1CC[C@]2(C)C3=CC(=O)[C@]4(C)C5[C@H](C[C@H]4[C@@H]3CC[C@H]2C1)O[C@]1(CCC(C)CO1)[C@H]5C. The van der Waals surface area contributed by atoms with Gasteiger partial charge in [-0.2, -0.15) is 0 Å². The maximum absolute atomic E-state index is 14.0. The molecule has 2 heterocycles. The second-order valence-electron chi connectivity index (χ2n) is 13.1. The Kier molecular flexibility index (Phi) is 5.22. The normalized spacial score (nSPS) is 54.0. The van der Waals surface area contributed by atoms with Crippen molar-refractivity contribution in [3.63, 3.8) is 0 Å². The van der Waals surface area contributed by atoms with Gasteiger partial charge in [0, 0.05) is 30.6 Å². The highest BCUT2D eigenvalue weighted by atomic mass is 16.7. The first-order valence-electron chi connectivity index (χ1n) is 13.8. The van der Waals surface area contributed by atoms with Crippen LogP contribution in [0, 0.1) is 46.3 Å². The van der Waals surface area contributed by atoms with E-state index in [-0.39, 0.29) is 40.8 Å². The molecular formula is C29H42O5. The van der Waals surface area contributed by atoms with E-state index in [0.29, 0.717) is 29.5 Å². The Balaban J connectivity index is 1.29. The molecule has 34 heavy (non-hydrogen) atoms. The third kappa shape index (κ3) is 3.04. The Labute approximate surface area is 204 Å². The van der Waals surface area contributed by atoms with E-state index in [0.717, 1.165) is 58.0 Å². The van der Waals surface area contributed by atoms with Crippen molar-refractivity contribution in [3.05, 3.63) is 11.6 Å². The van der Waals surface area contributed by atoms with E-state index in [4.69, 9.17) is 14.2 Å². The molecule has 0 aromatic rings. The van der Waals surface area contributed by atoms with E-state index >= 15 is 0 Å². The minimum atomic E-state index is -0.487. The van der Waals surface area contributed by atoms with E-state index in [1.807, 2.05) is 0 Å². The Hall–Kier alpha value is -1.20. The summed E-state index contributed by atoms with van der Waals surface area (Å²) >= 11 is 0. The van der Waals surface area contributed by atoms with Crippen molar-refractivity contribution >= 4 is 11.8 Å². The summed E-state index contributed by atoms with van der Waals surface area (Å²) in [4.78, 5) is 25.6. The summed E-state index contributed by atoms with van der Waals surface area (Å²) < 4.78 is 18.8. The van der Waals surface area contributed by atoms with Crippen LogP contribution < -0.4 is 0 Å². The van der Waals surface area contributed by atoms with Crippen LogP contribution in [0.2, 0.25) is 0 Å². The zero-order valence-corrected chi connectivity index (χ0v) is 21.6. The maximum Gasteiger partial charge on any atom is 0.302 e. The van der Waals surface area contributed by atoms with Crippen molar-refractivity contribution < 1.29 is 23.8 Å². The number of fused-ring (bicyclic) bond motifs is 7. The van der Waals surface area contributed by atoms with Crippen molar-refractivity contribution in [2.24, 2.45) is 46.3 Å². The molecule has 6 aliphatic rings. The molecule has 6 rings (SSSR count). The van der Waals surface area contributed by atoms with Gasteiger partial charge in [0.25, 0.3) is 0 Å². The van der Waals surface area contributed by atoms with Gasteiger partial charge in [-0.25, -0.2) is 0 Å². The molecule has 0 amide bonds. The van der Waals surface area contributed by atoms with Crippen molar-refractivity contribution in [3.8, 4) is 0 Å². The fourth-order valence-electron chi connectivity index (χ4n) is 9.61.